The summed E-state index contributed by atoms with van der Waals surface area (Å²) in [6, 6.07) is 12.2. The zero-order chi connectivity index (χ0) is 14.7. The Bertz CT molecular complexity index is 598. The normalized spacial score (nSPS) is 12.1. The second kappa shape index (κ2) is 6.51. The first-order valence-corrected chi connectivity index (χ1v) is 7.54. The summed E-state index contributed by atoms with van der Waals surface area (Å²) < 4.78 is 6.18. The molecule has 0 fully saturated rings. The van der Waals surface area contributed by atoms with Crippen molar-refractivity contribution in [2.45, 2.75) is 19.9 Å². The first-order valence-electron chi connectivity index (χ1n) is 6.37. The highest BCUT2D eigenvalue weighted by Gasteiger charge is 2.09. The van der Waals surface area contributed by atoms with E-state index in [1.54, 1.807) is 7.11 Å². The molecule has 0 radical (unpaired) electrons. The van der Waals surface area contributed by atoms with Gasteiger partial charge in [-0.15, -0.1) is 0 Å². The van der Waals surface area contributed by atoms with Gasteiger partial charge in [0.05, 0.1) is 12.8 Å². The fourth-order valence-electron chi connectivity index (χ4n) is 1.97. The van der Waals surface area contributed by atoms with Gasteiger partial charge in [0.1, 0.15) is 5.75 Å². The summed E-state index contributed by atoms with van der Waals surface area (Å²) in [6.45, 7) is 4.10. The van der Waals surface area contributed by atoms with Gasteiger partial charge in [0.25, 0.3) is 0 Å². The Balaban J connectivity index is 2.18. The largest absolute Gasteiger partial charge is 0.497 e. The molecule has 106 valence electrons. The monoisotopic (exact) mass is 353 g/mol. The van der Waals surface area contributed by atoms with Crippen molar-refractivity contribution in [3.63, 3.8) is 0 Å². The minimum Gasteiger partial charge on any atom is -0.497 e. The fraction of sp³-hybridized carbons (Fsp3) is 0.250. The van der Waals surface area contributed by atoms with Crippen molar-refractivity contribution >= 4 is 33.2 Å². The van der Waals surface area contributed by atoms with Gasteiger partial charge >= 0.3 is 0 Å². The molecule has 0 aliphatic heterocycles. The Morgan fingerprint density at radius 2 is 1.85 bits per heavy atom. The zero-order valence-electron chi connectivity index (χ0n) is 11.7. The SMILES string of the molecule is COc1ccc(C(C)Nc2cc(Cl)c(C)cc2Br)cc1. The first kappa shape index (κ1) is 15.2. The second-order valence-electron chi connectivity index (χ2n) is 4.72. The van der Waals surface area contributed by atoms with E-state index in [1.807, 2.05) is 31.2 Å². The number of anilines is 1. The Morgan fingerprint density at radius 1 is 1.20 bits per heavy atom. The molecule has 20 heavy (non-hydrogen) atoms. The summed E-state index contributed by atoms with van der Waals surface area (Å²) in [5, 5.41) is 4.22. The molecule has 0 spiro atoms. The van der Waals surface area contributed by atoms with Gasteiger partial charge in [-0.05, 0) is 65.2 Å². The van der Waals surface area contributed by atoms with Gasteiger partial charge in [0, 0.05) is 15.5 Å². The molecule has 0 aromatic heterocycles. The molecule has 2 nitrogen and oxygen atoms in total. The predicted octanol–water partition coefficient (Wildman–Crippen LogP) is 5.59. The number of rotatable bonds is 4. The molecule has 0 bridgehead atoms. The van der Waals surface area contributed by atoms with E-state index in [9.17, 15) is 0 Å². The molecular formula is C16H17BrClNO. The van der Waals surface area contributed by atoms with E-state index >= 15 is 0 Å². The molecule has 1 N–H and O–H groups in total. The Labute approximate surface area is 133 Å². The summed E-state index contributed by atoms with van der Waals surface area (Å²) in [5.41, 5.74) is 3.24. The van der Waals surface area contributed by atoms with E-state index in [-0.39, 0.29) is 6.04 Å². The second-order valence-corrected chi connectivity index (χ2v) is 5.98. The molecule has 0 aliphatic rings. The number of hydrogen-bond acceptors (Lipinski definition) is 2. The van der Waals surface area contributed by atoms with Crippen LogP contribution in [0.2, 0.25) is 5.02 Å². The van der Waals surface area contributed by atoms with Crippen LogP contribution in [0.3, 0.4) is 0 Å². The van der Waals surface area contributed by atoms with Crippen molar-refractivity contribution in [2.75, 3.05) is 12.4 Å². The summed E-state index contributed by atoms with van der Waals surface area (Å²) in [5.74, 6) is 0.862. The molecule has 0 heterocycles. The molecule has 1 unspecified atom stereocenters. The number of hydrogen-bond donors (Lipinski definition) is 1. The fourth-order valence-corrected chi connectivity index (χ4v) is 2.70. The molecule has 0 saturated heterocycles. The highest BCUT2D eigenvalue weighted by molar-refractivity contribution is 9.10. The van der Waals surface area contributed by atoms with E-state index in [1.165, 1.54) is 5.56 Å². The lowest BCUT2D eigenvalue weighted by Gasteiger charge is -2.18. The van der Waals surface area contributed by atoms with Gasteiger partial charge in [-0.1, -0.05) is 23.7 Å². The summed E-state index contributed by atoms with van der Waals surface area (Å²) in [4.78, 5) is 0. The maximum Gasteiger partial charge on any atom is 0.118 e. The maximum atomic E-state index is 6.18. The van der Waals surface area contributed by atoms with Gasteiger partial charge in [0.2, 0.25) is 0 Å². The Morgan fingerprint density at radius 3 is 2.45 bits per heavy atom. The van der Waals surface area contributed by atoms with Crippen LogP contribution in [-0.2, 0) is 0 Å². The van der Waals surface area contributed by atoms with Crippen LogP contribution in [0.4, 0.5) is 5.69 Å². The van der Waals surface area contributed by atoms with E-state index in [4.69, 9.17) is 16.3 Å². The smallest absolute Gasteiger partial charge is 0.118 e. The number of aryl methyl sites for hydroxylation is 1. The lowest BCUT2D eigenvalue weighted by atomic mass is 10.1. The van der Waals surface area contributed by atoms with Crippen LogP contribution >= 0.6 is 27.5 Å². The molecule has 1 atom stereocenters. The quantitative estimate of drug-likeness (QED) is 0.772. The Kier molecular flexibility index (Phi) is 4.95. The van der Waals surface area contributed by atoms with Crippen LogP contribution in [0.15, 0.2) is 40.9 Å². The topological polar surface area (TPSA) is 21.3 Å². The number of ether oxygens (including phenoxy) is 1. The average molecular weight is 355 g/mol. The third kappa shape index (κ3) is 3.47. The zero-order valence-corrected chi connectivity index (χ0v) is 14.0. The summed E-state index contributed by atoms with van der Waals surface area (Å²) >= 11 is 9.74. The maximum absolute atomic E-state index is 6.18. The minimum absolute atomic E-state index is 0.177. The molecular weight excluding hydrogens is 338 g/mol. The van der Waals surface area contributed by atoms with E-state index in [2.05, 4.69) is 40.3 Å². The molecule has 2 aromatic carbocycles. The van der Waals surface area contributed by atoms with Crippen molar-refractivity contribution in [1.82, 2.24) is 0 Å². The van der Waals surface area contributed by atoms with Crippen molar-refractivity contribution in [3.8, 4) is 5.75 Å². The van der Waals surface area contributed by atoms with Crippen LogP contribution in [0.25, 0.3) is 0 Å². The van der Waals surface area contributed by atoms with Gasteiger partial charge in [-0.25, -0.2) is 0 Å². The molecule has 2 aromatic rings. The lowest BCUT2D eigenvalue weighted by Crippen LogP contribution is -2.07. The third-order valence-electron chi connectivity index (χ3n) is 3.24. The number of methoxy groups -OCH3 is 1. The molecule has 4 heteroatoms. The molecule has 0 saturated carbocycles. The van der Waals surface area contributed by atoms with Crippen LogP contribution in [0.1, 0.15) is 24.1 Å². The van der Waals surface area contributed by atoms with E-state index in [0.717, 1.165) is 26.5 Å². The lowest BCUT2D eigenvalue weighted by molar-refractivity contribution is 0.414. The van der Waals surface area contributed by atoms with Gasteiger partial charge < -0.3 is 10.1 Å². The van der Waals surface area contributed by atoms with Crippen molar-refractivity contribution in [3.05, 3.63) is 57.0 Å². The summed E-state index contributed by atoms with van der Waals surface area (Å²) in [6.07, 6.45) is 0. The predicted molar refractivity (Wildman–Crippen MR) is 88.9 cm³/mol. The number of benzene rings is 2. The Hall–Kier alpha value is -1.19. The van der Waals surface area contributed by atoms with Crippen LogP contribution in [0.5, 0.6) is 5.75 Å². The standard InChI is InChI=1S/C16H17BrClNO/c1-10-8-14(17)16(9-15(10)18)19-11(2)12-4-6-13(20-3)7-5-12/h4-9,11,19H,1-3H3. The number of nitrogens with one attached hydrogen (secondary N) is 1. The number of halogens is 2. The van der Waals surface area contributed by atoms with Crippen molar-refractivity contribution < 1.29 is 4.74 Å². The third-order valence-corrected chi connectivity index (χ3v) is 4.30. The highest BCUT2D eigenvalue weighted by atomic mass is 79.9. The summed E-state index contributed by atoms with van der Waals surface area (Å²) in [7, 11) is 1.67. The average Bonchev–Trinajstić information content (AvgIpc) is 2.44. The first-order chi connectivity index (χ1) is 9.51. The van der Waals surface area contributed by atoms with Gasteiger partial charge in [0.15, 0.2) is 0 Å². The van der Waals surface area contributed by atoms with Crippen molar-refractivity contribution in [1.29, 1.82) is 0 Å². The van der Waals surface area contributed by atoms with Crippen molar-refractivity contribution in [2.24, 2.45) is 0 Å². The van der Waals surface area contributed by atoms with E-state index < -0.39 is 0 Å². The van der Waals surface area contributed by atoms with E-state index in [0.29, 0.717) is 0 Å². The molecule has 0 aliphatic carbocycles. The van der Waals surface area contributed by atoms with Gasteiger partial charge in [-0.3, -0.25) is 0 Å². The van der Waals surface area contributed by atoms with Crippen LogP contribution < -0.4 is 10.1 Å². The van der Waals surface area contributed by atoms with Crippen LogP contribution in [0, 0.1) is 6.92 Å². The molecule has 0 amide bonds. The molecule has 2 rings (SSSR count). The minimum atomic E-state index is 0.177. The van der Waals surface area contributed by atoms with Crippen LogP contribution in [-0.4, -0.2) is 7.11 Å². The van der Waals surface area contributed by atoms with Gasteiger partial charge in [-0.2, -0.15) is 0 Å². The highest BCUT2D eigenvalue weighted by Crippen LogP contribution is 2.32.